The summed E-state index contributed by atoms with van der Waals surface area (Å²) in [5.74, 6) is 0.785. The number of anilines is 1. The first kappa shape index (κ1) is 13.8. The van der Waals surface area contributed by atoms with Crippen LogP contribution in [0.2, 0.25) is 5.02 Å². The number of nitrogens with one attached hydrogen (secondary N) is 1. The molecule has 1 amide bonds. The zero-order valence-corrected chi connectivity index (χ0v) is 11.3. The van der Waals surface area contributed by atoms with E-state index in [1.807, 2.05) is 6.07 Å². The Morgan fingerprint density at radius 2 is 2.10 bits per heavy atom. The topological polar surface area (TPSA) is 75.0 Å². The predicted molar refractivity (Wildman–Crippen MR) is 74.8 cm³/mol. The van der Waals surface area contributed by atoms with Crippen molar-refractivity contribution in [1.82, 2.24) is 4.98 Å². The maximum Gasteiger partial charge on any atom is 0.221 e. The van der Waals surface area contributed by atoms with Crippen LogP contribution in [0.5, 0.6) is 11.5 Å². The van der Waals surface area contributed by atoms with Crippen LogP contribution in [0.4, 0.5) is 5.69 Å². The van der Waals surface area contributed by atoms with Crippen molar-refractivity contribution in [2.24, 2.45) is 0 Å². The molecule has 100 valence electrons. The molecule has 0 radical (unpaired) electrons. The second-order valence-electron chi connectivity index (χ2n) is 3.91. The molecular formula is C14H10ClN3O2. The molecule has 0 atom stereocenters. The van der Waals surface area contributed by atoms with Crippen molar-refractivity contribution >= 4 is 23.2 Å². The Kier molecular flexibility index (Phi) is 4.18. The summed E-state index contributed by atoms with van der Waals surface area (Å²) in [4.78, 5) is 14.8. The number of benzene rings is 1. The molecule has 0 saturated carbocycles. The highest BCUT2D eigenvalue weighted by molar-refractivity contribution is 6.33. The van der Waals surface area contributed by atoms with Crippen LogP contribution in [0.15, 0.2) is 36.5 Å². The number of carbonyl (C=O) groups excluding carboxylic acids is 1. The monoisotopic (exact) mass is 287 g/mol. The number of nitrogens with zero attached hydrogens (tertiary/aromatic N) is 2. The molecule has 0 aliphatic rings. The summed E-state index contributed by atoms with van der Waals surface area (Å²) in [6, 6.07) is 9.99. The number of pyridine rings is 1. The van der Waals surface area contributed by atoms with E-state index in [9.17, 15) is 4.79 Å². The molecule has 0 aliphatic heterocycles. The number of ether oxygens (including phenoxy) is 1. The lowest BCUT2D eigenvalue weighted by Crippen LogP contribution is -2.06. The largest absolute Gasteiger partial charge is 0.457 e. The molecule has 0 fully saturated rings. The van der Waals surface area contributed by atoms with Crippen LogP contribution in [0.25, 0.3) is 0 Å². The third-order valence-electron chi connectivity index (χ3n) is 2.33. The second kappa shape index (κ2) is 6.04. The van der Waals surface area contributed by atoms with Gasteiger partial charge in [-0.25, -0.2) is 4.98 Å². The van der Waals surface area contributed by atoms with Crippen molar-refractivity contribution < 1.29 is 9.53 Å². The number of hydrogen-bond acceptors (Lipinski definition) is 4. The molecule has 0 bridgehead atoms. The van der Waals surface area contributed by atoms with Crippen LogP contribution in [0, 0.1) is 11.3 Å². The molecule has 0 aliphatic carbocycles. The number of nitriles is 1. The molecule has 20 heavy (non-hydrogen) atoms. The zero-order valence-electron chi connectivity index (χ0n) is 10.6. The Labute approximate surface area is 120 Å². The van der Waals surface area contributed by atoms with Crippen molar-refractivity contribution in [3.63, 3.8) is 0 Å². The van der Waals surface area contributed by atoms with E-state index >= 15 is 0 Å². The van der Waals surface area contributed by atoms with Gasteiger partial charge >= 0.3 is 0 Å². The number of halogens is 1. The van der Waals surface area contributed by atoms with Gasteiger partial charge in [-0.15, -0.1) is 0 Å². The number of carbonyl (C=O) groups is 1. The van der Waals surface area contributed by atoms with Gasteiger partial charge in [0.2, 0.25) is 5.91 Å². The van der Waals surface area contributed by atoms with E-state index < -0.39 is 0 Å². The number of amides is 1. The summed E-state index contributed by atoms with van der Waals surface area (Å²) in [6.07, 6.45) is 1.49. The minimum atomic E-state index is -0.201. The van der Waals surface area contributed by atoms with Gasteiger partial charge in [0.15, 0.2) is 0 Å². The Bertz CT molecular complexity index is 695. The molecule has 1 heterocycles. The smallest absolute Gasteiger partial charge is 0.221 e. The van der Waals surface area contributed by atoms with Crippen LogP contribution >= 0.6 is 11.6 Å². The van der Waals surface area contributed by atoms with Gasteiger partial charge in [-0.05, 0) is 18.2 Å². The van der Waals surface area contributed by atoms with Gasteiger partial charge in [0.25, 0.3) is 0 Å². The maximum atomic E-state index is 11.0. The Morgan fingerprint density at radius 3 is 2.75 bits per heavy atom. The Hall–Kier alpha value is -2.58. The fraction of sp³-hybridized carbons (Fsp3) is 0.0714. The molecule has 1 aromatic heterocycles. The van der Waals surface area contributed by atoms with E-state index in [-0.39, 0.29) is 11.6 Å². The molecule has 1 aromatic carbocycles. The normalized spacial score (nSPS) is 9.65. The van der Waals surface area contributed by atoms with Gasteiger partial charge in [-0.2, -0.15) is 5.26 Å². The van der Waals surface area contributed by atoms with Crippen molar-refractivity contribution in [2.75, 3.05) is 5.32 Å². The van der Waals surface area contributed by atoms with Gasteiger partial charge in [-0.3, -0.25) is 4.79 Å². The Morgan fingerprint density at radius 1 is 1.35 bits per heavy atom. The standard InChI is InChI=1S/C14H10ClN3O2/c1-9(19)18-14-3-2-11(7-13(14)15)20-12-4-5-17-10(6-12)8-16/h2-7H,1H3,(H,18,19). The minimum absolute atomic E-state index is 0.201. The molecule has 0 saturated heterocycles. The van der Waals surface area contributed by atoms with Crippen LogP contribution in [-0.4, -0.2) is 10.9 Å². The summed E-state index contributed by atoms with van der Waals surface area (Å²) in [7, 11) is 0. The summed E-state index contributed by atoms with van der Waals surface area (Å²) in [6.45, 7) is 1.40. The lowest BCUT2D eigenvalue weighted by Gasteiger charge is -2.09. The molecule has 0 unspecified atom stereocenters. The van der Waals surface area contributed by atoms with Crippen LogP contribution in [0.1, 0.15) is 12.6 Å². The molecule has 2 rings (SSSR count). The average Bonchev–Trinajstić information content (AvgIpc) is 2.42. The van der Waals surface area contributed by atoms with Gasteiger partial charge in [0.1, 0.15) is 23.3 Å². The quantitative estimate of drug-likeness (QED) is 0.939. The fourth-order valence-electron chi connectivity index (χ4n) is 1.52. The van der Waals surface area contributed by atoms with Gasteiger partial charge in [-0.1, -0.05) is 11.6 Å². The third-order valence-corrected chi connectivity index (χ3v) is 2.65. The maximum absolute atomic E-state index is 11.0. The molecule has 1 N–H and O–H groups in total. The first-order valence-electron chi connectivity index (χ1n) is 5.69. The van der Waals surface area contributed by atoms with E-state index in [1.165, 1.54) is 19.2 Å². The van der Waals surface area contributed by atoms with E-state index in [0.29, 0.717) is 22.2 Å². The van der Waals surface area contributed by atoms with Crippen LogP contribution < -0.4 is 10.1 Å². The number of hydrogen-bond donors (Lipinski definition) is 1. The zero-order chi connectivity index (χ0) is 14.5. The first-order valence-corrected chi connectivity index (χ1v) is 6.07. The third kappa shape index (κ3) is 3.46. The number of rotatable bonds is 3. The molecule has 0 spiro atoms. The van der Waals surface area contributed by atoms with E-state index in [4.69, 9.17) is 21.6 Å². The minimum Gasteiger partial charge on any atom is -0.457 e. The van der Waals surface area contributed by atoms with Crippen LogP contribution in [-0.2, 0) is 4.79 Å². The molecule has 2 aromatic rings. The summed E-state index contributed by atoms with van der Waals surface area (Å²) < 4.78 is 5.57. The summed E-state index contributed by atoms with van der Waals surface area (Å²) in [5, 5.41) is 11.7. The van der Waals surface area contributed by atoms with Crippen molar-refractivity contribution in [2.45, 2.75) is 6.92 Å². The van der Waals surface area contributed by atoms with Crippen molar-refractivity contribution in [3.8, 4) is 17.6 Å². The van der Waals surface area contributed by atoms with Gasteiger partial charge in [0, 0.05) is 25.3 Å². The molecule has 5 nitrogen and oxygen atoms in total. The summed E-state index contributed by atoms with van der Waals surface area (Å²) >= 11 is 6.04. The van der Waals surface area contributed by atoms with E-state index in [2.05, 4.69) is 10.3 Å². The van der Waals surface area contributed by atoms with Crippen molar-refractivity contribution in [1.29, 1.82) is 5.26 Å². The predicted octanol–water partition coefficient (Wildman–Crippen LogP) is 3.36. The van der Waals surface area contributed by atoms with Crippen molar-refractivity contribution in [3.05, 3.63) is 47.2 Å². The van der Waals surface area contributed by atoms with E-state index in [0.717, 1.165) is 0 Å². The van der Waals surface area contributed by atoms with Crippen LogP contribution in [0.3, 0.4) is 0 Å². The number of aromatic nitrogens is 1. The SMILES string of the molecule is CC(=O)Nc1ccc(Oc2ccnc(C#N)c2)cc1Cl. The van der Waals surface area contributed by atoms with Gasteiger partial charge in [0.05, 0.1) is 10.7 Å². The summed E-state index contributed by atoms with van der Waals surface area (Å²) in [5.41, 5.74) is 0.780. The molecular weight excluding hydrogens is 278 g/mol. The highest BCUT2D eigenvalue weighted by Crippen LogP contribution is 2.29. The highest BCUT2D eigenvalue weighted by atomic mass is 35.5. The molecule has 6 heteroatoms. The average molecular weight is 288 g/mol. The lowest BCUT2D eigenvalue weighted by molar-refractivity contribution is -0.114. The van der Waals surface area contributed by atoms with E-state index in [1.54, 1.807) is 24.3 Å². The first-order chi connectivity index (χ1) is 9.58. The lowest BCUT2D eigenvalue weighted by atomic mass is 10.3. The highest BCUT2D eigenvalue weighted by Gasteiger charge is 2.05. The fourth-order valence-corrected chi connectivity index (χ4v) is 1.74. The Balaban J connectivity index is 2.20. The second-order valence-corrected chi connectivity index (χ2v) is 4.32. The van der Waals surface area contributed by atoms with Gasteiger partial charge < -0.3 is 10.1 Å².